The van der Waals surface area contributed by atoms with Crippen LogP contribution in [0.15, 0.2) is 60.2 Å². The van der Waals surface area contributed by atoms with Gasteiger partial charge in [-0.15, -0.1) is 0 Å². The highest BCUT2D eigenvalue weighted by Crippen LogP contribution is 2.25. The summed E-state index contributed by atoms with van der Waals surface area (Å²) in [4.78, 5) is 39.1. The Hall–Kier alpha value is -3.54. The van der Waals surface area contributed by atoms with Crippen LogP contribution in [0.5, 0.6) is 0 Å². The first-order valence-electron chi connectivity index (χ1n) is 8.75. The van der Waals surface area contributed by atoms with Crippen molar-refractivity contribution in [1.29, 1.82) is 5.26 Å². The second-order valence-electron chi connectivity index (χ2n) is 6.34. The summed E-state index contributed by atoms with van der Waals surface area (Å²) in [5, 5.41) is 14.8. The zero-order valence-corrected chi connectivity index (χ0v) is 17.3. The van der Waals surface area contributed by atoms with Crippen LogP contribution in [0.2, 0.25) is 5.02 Å². The van der Waals surface area contributed by atoms with Gasteiger partial charge >= 0.3 is 0 Å². The molecule has 2 aromatic carbocycles. The lowest BCUT2D eigenvalue weighted by atomic mass is 10.0. The first kappa shape index (κ1) is 21.2. The molecule has 0 aliphatic carbocycles. The van der Waals surface area contributed by atoms with Crippen molar-refractivity contribution in [2.24, 2.45) is 5.92 Å². The lowest BCUT2D eigenvalue weighted by molar-refractivity contribution is -0.131. The molecule has 0 bridgehead atoms. The van der Waals surface area contributed by atoms with Crippen LogP contribution in [-0.2, 0) is 14.4 Å². The lowest BCUT2D eigenvalue weighted by Crippen LogP contribution is -2.57. The van der Waals surface area contributed by atoms with Gasteiger partial charge in [0.2, 0.25) is 11.8 Å². The second-order valence-corrected chi connectivity index (χ2v) is 7.13. The number of thiocarbonyl (C=S) groups is 1. The third kappa shape index (κ3) is 4.22. The predicted octanol–water partition coefficient (Wildman–Crippen LogP) is 3.10. The van der Waals surface area contributed by atoms with Crippen LogP contribution >= 0.6 is 23.8 Å². The monoisotopic (exact) mass is 438 g/mol. The van der Waals surface area contributed by atoms with E-state index in [-0.39, 0.29) is 10.7 Å². The first-order chi connectivity index (χ1) is 14.3. The maximum atomic E-state index is 13.0. The molecule has 0 spiro atoms. The number of nitrogens with one attached hydrogen (secondary N) is 2. The van der Waals surface area contributed by atoms with Crippen LogP contribution < -0.4 is 15.5 Å². The standard InChI is InChI=1S/C21H15ClN4O3S/c1-12-16(22)8-5-9-17(12)24-18(27)13(11-23)10-15-19(28)25-21(30)26(20(15)29)14-6-3-2-4-7-14/h2-10,15H,1H3,(H,24,27)(H,25,28,30)/b13-10+/t15-/m0/s1. The van der Waals surface area contributed by atoms with Crippen LogP contribution in [0.1, 0.15) is 5.56 Å². The Balaban J connectivity index is 1.90. The number of carbonyl (C=O) groups excluding carboxylic acids is 3. The summed E-state index contributed by atoms with van der Waals surface area (Å²) in [6.07, 6.45) is 1.03. The molecule has 2 N–H and O–H groups in total. The van der Waals surface area contributed by atoms with Crippen molar-refractivity contribution in [3.05, 3.63) is 70.8 Å². The molecule has 150 valence electrons. The summed E-state index contributed by atoms with van der Waals surface area (Å²) >= 11 is 11.2. The summed E-state index contributed by atoms with van der Waals surface area (Å²) < 4.78 is 0. The van der Waals surface area contributed by atoms with Gasteiger partial charge in [-0.2, -0.15) is 5.26 Å². The van der Waals surface area contributed by atoms with Crippen LogP contribution in [0.3, 0.4) is 0 Å². The molecular weight excluding hydrogens is 424 g/mol. The minimum Gasteiger partial charge on any atom is -0.321 e. The van der Waals surface area contributed by atoms with Gasteiger partial charge in [-0.1, -0.05) is 35.9 Å². The molecule has 1 saturated heterocycles. The summed E-state index contributed by atoms with van der Waals surface area (Å²) in [6.45, 7) is 1.71. The Morgan fingerprint density at radius 1 is 1.23 bits per heavy atom. The minimum absolute atomic E-state index is 0.0710. The van der Waals surface area contributed by atoms with Gasteiger partial charge in [-0.3, -0.25) is 19.3 Å². The normalized spacial score (nSPS) is 16.7. The minimum atomic E-state index is -1.39. The van der Waals surface area contributed by atoms with E-state index in [1.165, 1.54) is 0 Å². The number of nitriles is 1. The van der Waals surface area contributed by atoms with E-state index in [0.29, 0.717) is 22.0 Å². The van der Waals surface area contributed by atoms with Gasteiger partial charge in [0.25, 0.3) is 5.91 Å². The quantitative estimate of drug-likeness (QED) is 0.330. The molecule has 0 radical (unpaired) electrons. The number of benzene rings is 2. The molecule has 1 aliphatic heterocycles. The molecular formula is C21H15ClN4O3S. The van der Waals surface area contributed by atoms with E-state index >= 15 is 0 Å². The van der Waals surface area contributed by atoms with Gasteiger partial charge < -0.3 is 10.6 Å². The highest BCUT2D eigenvalue weighted by Gasteiger charge is 2.38. The van der Waals surface area contributed by atoms with Gasteiger partial charge in [0.15, 0.2) is 5.11 Å². The Bertz CT molecular complexity index is 1120. The Morgan fingerprint density at radius 2 is 1.93 bits per heavy atom. The number of para-hydroxylation sites is 1. The SMILES string of the molecule is Cc1c(Cl)cccc1NC(=O)/C(C#N)=C/[C@H]1C(=O)NC(=S)N(c2ccccc2)C1=O. The summed E-state index contributed by atoms with van der Waals surface area (Å²) in [5.41, 5.74) is 1.11. The topological polar surface area (TPSA) is 102 Å². The molecule has 2 aromatic rings. The largest absolute Gasteiger partial charge is 0.321 e. The number of hydrogen-bond donors (Lipinski definition) is 2. The summed E-state index contributed by atoms with van der Waals surface area (Å²) in [5.74, 6) is -3.52. The molecule has 0 aromatic heterocycles. The third-order valence-electron chi connectivity index (χ3n) is 4.43. The maximum absolute atomic E-state index is 13.0. The average Bonchev–Trinajstić information content (AvgIpc) is 2.72. The van der Waals surface area contributed by atoms with Crippen molar-refractivity contribution >= 4 is 58.0 Å². The molecule has 1 fully saturated rings. The van der Waals surface area contributed by atoms with E-state index in [2.05, 4.69) is 10.6 Å². The van der Waals surface area contributed by atoms with Gasteiger partial charge in [0, 0.05) is 10.7 Å². The van der Waals surface area contributed by atoms with Crippen LogP contribution in [-0.4, -0.2) is 22.8 Å². The van der Waals surface area contributed by atoms with Crippen molar-refractivity contribution in [2.75, 3.05) is 10.2 Å². The number of rotatable bonds is 4. The van der Waals surface area contributed by atoms with E-state index < -0.39 is 23.6 Å². The fourth-order valence-corrected chi connectivity index (χ4v) is 3.29. The number of carbonyl (C=O) groups is 3. The highest BCUT2D eigenvalue weighted by atomic mass is 35.5. The molecule has 0 unspecified atom stereocenters. The van der Waals surface area contributed by atoms with Crippen LogP contribution in [0.25, 0.3) is 0 Å². The van der Waals surface area contributed by atoms with Gasteiger partial charge in [-0.25, -0.2) is 0 Å². The third-order valence-corrected chi connectivity index (χ3v) is 5.12. The molecule has 3 amide bonds. The Kier molecular flexibility index (Phi) is 6.26. The fraction of sp³-hybridized carbons (Fsp3) is 0.0952. The fourth-order valence-electron chi connectivity index (χ4n) is 2.82. The molecule has 1 atom stereocenters. The Morgan fingerprint density at radius 3 is 2.60 bits per heavy atom. The van der Waals surface area contributed by atoms with Crippen molar-refractivity contribution in [1.82, 2.24) is 5.32 Å². The first-order valence-corrected chi connectivity index (χ1v) is 9.54. The summed E-state index contributed by atoms with van der Waals surface area (Å²) in [7, 11) is 0. The van der Waals surface area contributed by atoms with Gasteiger partial charge in [-0.05, 0) is 55.0 Å². The maximum Gasteiger partial charge on any atom is 0.266 e. The highest BCUT2D eigenvalue weighted by molar-refractivity contribution is 7.80. The molecule has 3 rings (SSSR count). The number of halogens is 1. The number of hydrogen-bond acceptors (Lipinski definition) is 5. The molecule has 1 heterocycles. The van der Waals surface area contributed by atoms with E-state index in [1.807, 2.05) is 0 Å². The smallest absolute Gasteiger partial charge is 0.266 e. The lowest BCUT2D eigenvalue weighted by Gasteiger charge is -2.31. The van der Waals surface area contributed by atoms with E-state index in [9.17, 15) is 19.6 Å². The zero-order valence-electron chi connectivity index (χ0n) is 15.7. The van der Waals surface area contributed by atoms with E-state index in [4.69, 9.17) is 23.8 Å². The van der Waals surface area contributed by atoms with Crippen LogP contribution in [0, 0.1) is 24.2 Å². The van der Waals surface area contributed by atoms with Crippen molar-refractivity contribution in [2.45, 2.75) is 6.92 Å². The van der Waals surface area contributed by atoms with Gasteiger partial charge in [0.1, 0.15) is 17.6 Å². The molecule has 1 aliphatic rings. The molecule has 30 heavy (non-hydrogen) atoms. The zero-order chi connectivity index (χ0) is 21.8. The number of amides is 3. The van der Waals surface area contributed by atoms with E-state index in [0.717, 1.165) is 11.0 Å². The molecule has 9 heteroatoms. The second kappa shape index (κ2) is 8.86. The molecule has 0 saturated carbocycles. The Labute approximate surface area is 182 Å². The van der Waals surface area contributed by atoms with Crippen molar-refractivity contribution in [3.63, 3.8) is 0 Å². The number of anilines is 2. The van der Waals surface area contributed by atoms with E-state index in [1.54, 1.807) is 61.5 Å². The van der Waals surface area contributed by atoms with Crippen molar-refractivity contribution < 1.29 is 14.4 Å². The average molecular weight is 439 g/mol. The number of nitrogens with zero attached hydrogens (tertiary/aromatic N) is 2. The van der Waals surface area contributed by atoms with Crippen molar-refractivity contribution in [3.8, 4) is 6.07 Å². The molecule has 7 nitrogen and oxygen atoms in total. The predicted molar refractivity (Wildman–Crippen MR) is 117 cm³/mol. The van der Waals surface area contributed by atoms with Gasteiger partial charge in [0.05, 0.1) is 5.69 Å². The van der Waals surface area contributed by atoms with Crippen LogP contribution in [0.4, 0.5) is 11.4 Å². The summed E-state index contributed by atoms with van der Waals surface area (Å²) in [6, 6.07) is 15.2.